The third-order valence-electron chi connectivity index (χ3n) is 10.4. The zero-order valence-corrected chi connectivity index (χ0v) is 24.3. The number of nitrogens with two attached hydrogens (primary N) is 2. The number of aliphatic hydroxyl groups excluding tert-OH is 2. The van der Waals surface area contributed by atoms with Crippen LogP contribution in [0.3, 0.4) is 0 Å². The Balaban J connectivity index is 1.88. The maximum absolute atomic E-state index is 14.6. The number of esters is 2. The van der Waals surface area contributed by atoms with Crippen molar-refractivity contribution in [2.45, 2.75) is 109 Å². The monoisotopic (exact) mass is 560 g/mol. The number of ketones is 1. The van der Waals surface area contributed by atoms with Gasteiger partial charge in [0, 0.05) is 29.9 Å². The van der Waals surface area contributed by atoms with Gasteiger partial charge in [-0.05, 0) is 38.3 Å². The van der Waals surface area contributed by atoms with Gasteiger partial charge in [0.15, 0.2) is 5.78 Å². The lowest BCUT2D eigenvalue weighted by Crippen LogP contribution is -2.69. The molecule has 0 radical (unpaired) electrons. The van der Waals surface area contributed by atoms with E-state index in [1.165, 1.54) is 12.2 Å². The molecule has 0 saturated heterocycles. The molecule has 8 atom stereocenters. The Kier molecular flexibility index (Phi) is 7.55. The minimum Gasteiger partial charge on any atom is -0.458 e. The molecule has 0 aliphatic heterocycles. The minimum absolute atomic E-state index is 0.00641. The second-order valence-corrected chi connectivity index (χ2v) is 12.6. The second-order valence-electron chi connectivity index (χ2n) is 12.6. The summed E-state index contributed by atoms with van der Waals surface area (Å²) in [5, 5.41) is 35.1. The molecule has 1 spiro atoms. The van der Waals surface area contributed by atoms with Crippen LogP contribution < -0.4 is 11.5 Å². The number of rotatable bonds is 8. The Morgan fingerprint density at radius 2 is 1.85 bits per heavy atom. The highest BCUT2D eigenvalue weighted by molar-refractivity contribution is 5.98. The fourth-order valence-electron chi connectivity index (χ4n) is 7.67. The van der Waals surface area contributed by atoms with Crippen LogP contribution in [0.4, 0.5) is 0 Å². The molecule has 4 rings (SSSR count). The predicted octanol–water partition coefficient (Wildman–Crippen LogP) is 1.35. The molecule has 0 heterocycles. The van der Waals surface area contributed by atoms with Crippen LogP contribution in [0.1, 0.15) is 73.6 Å². The number of aliphatic hydroxyl groups is 3. The summed E-state index contributed by atoms with van der Waals surface area (Å²) in [6, 6.07) is -1.18. The Bertz CT molecular complexity index is 1210. The number of fused-ring (bicyclic) bond motifs is 3. The molecule has 222 valence electrons. The topological polar surface area (TPSA) is 182 Å². The highest BCUT2D eigenvalue weighted by atomic mass is 16.6. The van der Waals surface area contributed by atoms with Crippen molar-refractivity contribution in [3.05, 3.63) is 34.9 Å². The number of Topliss-reactive ketones (excluding diaryl/α,β-unsaturated/α-hetero) is 1. The van der Waals surface area contributed by atoms with Gasteiger partial charge in [0.1, 0.15) is 30.0 Å². The lowest BCUT2D eigenvalue weighted by atomic mass is 9.61. The van der Waals surface area contributed by atoms with Crippen LogP contribution in [0.2, 0.25) is 0 Å². The summed E-state index contributed by atoms with van der Waals surface area (Å²) < 4.78 is 11.6. The number of ether oxygens (including phenoxy) is 2. The summed E-state index contributed by atoms with van der Waals surface area (Å²) in [5.41, 5.74) is 6.36. The summed E-state index contributed by atoms with van der Waals surface area (Å²) in [5.74, 6) is -2.86. The first kappa shape index (κ1) is 30.6. The molecule has 7 N–H and O–H groups in total. The molecule has 1 unspecified atom stereocenters. The van der Waals surface area contributed by atoms with Crippen molar-refractivity contribution in [1.82, 2.24) is 0 Å². The van der Waals surface area contributed by atoms with Crippen LogP contribution in [0.5, 0.6) is 0 Å². The predicted molar refractivity (Wildman–Crippen MR) is 146 cm³/mol. The number of allylic oxidation sites excluding steroid dienone is 1. The molecule has 0 aromatic carbocycles. The second kappa shape index (κ2) is 9.87. The van der Waals surface area contributed by atoms with Gasteiger partial charge in [0.25, 0.3) is 0 Å². The van der Waals surface area contributed by atoms with Gasteiger partial charge < -0.3 is 36.3 Å². The van der Waals surface area contributed by atoms with Gasteiger partial charge in [-0.3, -0.25) is 9.59 Å². The lowest BCUT2D eigenvalue weighted by Gasteiger charge is -2.48. The molecule has 4 aliphatic carbocycles. The number of hydrogen-bond acceptors (Lipinski definition) is 10. The summed E-state index contributed by atoms with van der Waals surface area (Å²) in [4.78, 5) is 40.1. The Hall–Kier alpha value is -2.37. The molecule has 0 aromatic heterocycles. The zero-order valence-electron chi connectivity index (χ0n) is 24.3. The van der Waals surface area contributed by atoms with Crippen LogP contribution in [0, 0.1) is 16.7 Å². The van der Waals surface area contributed by atoms with Crippen molar-refractivity contribution >= 4 is 17.7 Å². The quantitative estimate of drug-likeness (QED) is 0.126. The van der Waals surface area contributed by atoms with Crippen LogP contribution in [0.15, 0.2) is 34.9 Å². The van der Waals surface area contributed by atoms with Crippen molar-refractivity contribution < 1.29 is 39.2 Å². The van der Waals surface area contributed by atoms with E-state index in [1.807, 2.05) is 20.8 Å². The first-order chi connectivity index (χ1) is 18.5. The van der Waals surface area contributed by atoms with E-state index in [0.29, 0.717) is 12.0 Å². The van der Waals surface area contributed by atoms with Crippen molar-refractivity contribution in [2.75, 3.05) is 6.61 Å². The summed E-state index contributed by atoms with van der Waals surface area (Å²) in [6.07, 6.45) is 3.51. The van der Waals surface area contributed by atoms with E-state index in [2.05, 4.69) is 0 Å². The van der Waals surface area contributed by atoms with Crippen molar-refractivity contribution in [3.63, 3.8) is 0 Å². The molecular formula is C30H44N2O8. The van der Waals surface area contributed by atoms with E-state index in [0.717, 1.165) is 12.8 Å². The van der Waals surface area contributed by atoms with Crippen LogP contribution in [-0.2, 0) is 23.9 Å². The van der Waals surface area contributed by atoms with Crippen LogP contribution >= 0.6 is 0 Å². The maximum Gasteiger partial charge on any atom is 0.333 e. The highest BCUT2D eigenvalue weighted by Crippen LogP contribution is 2.75. The molecule has 10 heteroatoms. The zero-order chi connectivity index (χ0) is 30.1. The molecular weight excluding hydrogens is 516 g/mol. The highest BCUT2D eigenvalue weighted by Gasteiger charge is 2.90. The van der Waals surface area contributed by atoms with Gasteiger partial charge in [0.05, 0.1) is 16.9 Å². The first-order valence-electron chi connectivity index (χ1n) is 14.1. The maximum atomic E-state index is 14.6. The average Bonchev–Trinajstić information content (AvgIpc) is 3.19. The Morgan fingerprint density at radius 3 is 2.45 bits per heavy atom. The van der Waals surface area contributed by atoms with Crippen molar-refractivity contribution in [3.8, 4) is 0 Å². The molecule has 2 fully saturated rings. The van der Waals surface area contributed by atoms with E-state index >= 15 is 0 Å². The van der Waals surface area contributed by atoms with Gasteiger partial charge >= 0.3 is 11.9 Å². The lowest BCUT2D eigenvalue weighted by molar-refractivity contribution is -0.186. The molecule has 2 saturated carbocycles. The molecule has 2 bridgehead atoms. The minimum atomic E-state index is -2.47. The largest absolute Gasteiger partial charge is 0.458 e. The van der Waals surface area contributed by atoms with Crippen LogP contribution in [0.25, 0.3) is 0 Å². The van der Waals surface area contributed by atoms with E-state index in [9.17, 15) is 29.7 Å². The van der Waals surface area contributed by atoms with Crippen molar-refractivity contribution in [2.24, 2.45) is 28.2 Å². The van der Waals surface area contributed by atoms with Gasteiger partial charge in [-0.15, -0.1) is 0 Å². The fraction of sp³-hybridized carbons (Fsp3) is 0.700. The Labute approximate surface area is 235 Å². The first-order valence-corrected chi connectivity index (χ1v) is 14.1. The molecule has 4 aliphatic rings. The van der Waals surface area contributed by atoms with Gasteiger partial charge in [-0.1, -0.05) is 51.8 Å². The van der Waals surface area contributed by atoms with E-state index in [4.69, 9.17) is 20.9 Å². The molecule has 40 heavy (non-hydrogen) atoms. The van der Waals surface area contributed by atoms with Gasteiger partial charge in [-0.25, -0.2) is 4.79 Å². The SMILES string of the molecule is C/C=C(\C)C(=O)OCC1=C[C@@H]2C(=O)[C@]3(C=C(C)[C@H](O)[C@@]3(O)[C@@H]1O)[C@H](N)CC1(OC(=O)CCCCC)C(C)(C)[C@@]21N. The fourth-order valence-corrected chi connectivity index (χ4v) is 7.67. The third kappa shape index (κ3) is 3.62. The molecule has 10 nitrogen and oxygen atoms in total. The molecule has 0 amide bonds. The third-order valence-corrected chi connectivity index (χ3v) is 10.4. The Morgan fingerprint density at radius 1 is 1.20 bits per heavy atom. The number of hydrogen-bond donors (Lipinski definition) is 5. The number of unbranched alkanes of at least 4 members (excludes halogenated alkanes) is 2. The van der Waals surface area contributed by atoms with E-state index < -0.39 is 76.1 Å². The normalized spacial score (nSPS) is 41.6. The standard InChI is InChI=1S/C30H44N2O8/c1-7-9-10-11-21(33)40-28-14-20(31)27-13-17(4)22(34)29(27,38)23(35)18(15-39-25(37)16(3)8-2)12-19(24(27)36)30(28,32)26(28,5)6/h8,12-13,19-20,22-23,34-35,38H,7,9-11,14-15,31-32H2,1-6H3/b16-8+/t19-,20-,22+,23-,27+,28?,29-,30+/m1/s1. The van der Waals surface area contributed by atoms with Crippen LogP contribution in [-0.4, -0.2) is 74.6 Å². The van der Waals surface area contributed by atoms with E-state index in [-0.39, 0.29) is 24.0 Å². The smallest absolute Gasteiger partial charge is 0.333 e. The number of carbonyl (C=O) groups excluding carboxylic acids is 3. The summed E-state index contributed by atoms with van der Waals surface area (Å²) >= 11 is 0. The van der Waals surface area contributed by atoms with Crippen molar-refractivity contribution in [1.29, 1.82) is 0 Å². The van der Waals surface area contributed by atoms with Gasteiger partial charge in [-0.2, -0.15) is 0 Å². The number of carbonyl (C=O) groups is 3. The summed E-state index contributed by atoms with van der Waals surface area (Å²) in [6.45, 7) is 9.98. The summed E-state index contributed by atoms with van der Waals surface area (Å²) in [7, 11) is 0. The van der Waals surface area contributed by atoms with E-state index in [1.54, 1.807) is 26.8 Å². The molecule has 0 aromatic rings. The van der Waals surface area contributed by atoms with Gasteiger partial charge in [0.2, 0.25) is 0 Å². The average molecular weight is 561 g/mol.